The molecule has 2 fully saturated rings. The van der Waals surface area contributed by atoms with Crippen molar-refractivity contribution in [2.75, 3.05) is 104 Å². The van der Waals surface area contributed by atoms with Gasteiger partial charge in [0.2, 0.25) is 0 Å². The van der Waals surface area contributed by atoms with Gasteiger partial charge in [0.25, 0.3) is 12.9 Å². The Kier molecular flexibility index (Phi) is 314. The van der Waals surface area contributed by atoms with E-state index >= 15 is 0 Å². The average molecular weight is 4310 g/mol. The van der Waals surface area contributed by atoms with Crippen molar-refractivity contribution in [1.82, 2.24) is 0 Å². The highest BCUT2D eigenvalue weighted by Gasteiger charge is 2.35. The van der Waals surface area contributed by atoms with Crippen molar-refractivity contribution >= 4 is 518 Å². The number of alkyl halides is 39. The molecule has 2 rings (SSSR count). The van der Waals surface area contributed by atoms with Gasteiger partial charge in [0, 0.05) is 94.3 Å². The Balaban J connectivity index is -0.0000000622. The first-order chi connectivity index (χ1) is 68.1. The van der Waals surface area contributed by atoms with Crippen molar-refractivity contribution in [3.63, 3.8) is 0 Å². The van der Waals surface area contributed by atoms with Crippen LogP contribution in [0.25, 0.3) is 0 Å². The highest BCUT2D eigenvalue weighted by Crippen LogP contribution is 2.32. The zero-order valence-electron chi connectivity index (χ0n) is 90.2. The zero-order valence-corrected chi connectivity index (χ0v) is 141. The summed E-state index contributed by atoms with van der Waals surface area (Å²) in [5.41, 5.74) is 0. The maximum atomic E-state index is 12.3. The summed E-state index contributed by atoms with van der Waals surface area (Å²) in [7, 11) is 0. The van der Waals surface area contributed by atoms with Crippen LogP contribution < -0.4 is 0 Å². The number of rotatable bonds is 57. The van der Waals surface area contributed by atoms with Crippen LogP contribution in [0.2, 0.25) is 0 Å². The lowest BCUT2D eigenvalue weighted by atomic mass is 9.99. The molecule has 2 unspecified atom stereocenters. The number of unbranched alkanes of at least 4 members (excludes halogenated alkanes) is 38. The fraction of sp³-hybridized carbons (Fsp3) is 1.00. The van der Waals surface area contributed by atoms with Gasteiger partial charge in [-0.05, 0) is 151 Å². The summed E-state index contributed by atoms with van der Waals surface area (Å²) in [4.78, 5) is 2.64. The molecule has 0 aromatic carbocycles. The van der Waals surface area contributed by atoms with Gasteiger partial charge >= 0.3 is 6.18 Å². The number of halogens is 39. The van der Waals surface area contributed by atoms with E-state index in [4.69, 9.17) is 5.11 Å². The third-order valence-corrected chi connectivity index (χ3v) is 40.5. The molecule has 0 saturated heterocycles. The molecule has 2 atom stereocenters. The Morgan fingerprint density at radius 3 is 0.601 bits per heavy atom. The van der Waals surface area contributed by atoms with Gasteiger partial charge in [-0.2, -0.15) is 13.2 Å². The molecule has 2 saturated carbocycles. The van der Waals surface area contributed by atoms with E-state index in [-0.39, 0.29) is 6.67 Å². The second-order valence-corrected chi connectivity index (χ2v) is 65.9. The number of aliphatic hydroxyl groups is 1. The van der Waals surface area contributed by atoms with Crippen LogP contribution in [-0.4, -0.2) is 168 Å². The number of aliphatic hydroxyl groups excluding tert-OH is 1. The van der Waals surface area contributed by atoms with E-state index in [0.29, 0.717) is 27.5 Å². The maximum absolute atomic E-state index is 12.3. The molecular formula is C103H207Br24F9I6O. The summed E-state index contributed by atoms with van der Waals surface area (Å²) in [6, 6.07) is 0. The van der Waals surface area contributed by atoms with Crippen LogP contribution in [-0.2, 0) is 0 Å². The Labute approximate surface area is 1170 Å². The quantitative estimate of drug-likeness (QED) is 0.0279. The molecule has 0 spiro atoms. The molecule has 0 aliphatic heterocycles. The van der Waals surface area contributed by atoms with Crippen LogP contribution in [0.15, 0.2) is 0 Å². The SMILES string of the molecule is BrC(Br)C(Br)Br.BrC1CCCCC1Br.BrCC(Br)CBr.BrCCBr.BrCCCCBr.CC(Br)Br.CCBr.CCCBr.CCCCBr.CCCCCCBr.CCCCCCCCBr.CCCCCCCCCCCCBr.CCCCCCCCCCCCI.CCCCCCCCF.CCCCCCI.CCCCCI.CCCI.CCI.FC(F)(F)C(Br)Br.FC(F)C(F)F.FC1CCC(Br)CC1.OCCCI. The Hall–Kier alpha value is 15.2. The van der Waals surface area contributed by atoms with E-state index in [1.54, 1.807) is 0 Å². The van der Waals surface area contributed by atoms with Crippen molar-refractivity contribution in [1.29, 1.82) is 0 Å². The summed E-state index contributed by atoms with van der Waals surface area (Å²) >= 11 is 91.8. The first-order valence-electron chi connectivity index (χ1n) is 52.3. The minimum atomic E-state index is -4.17. The second-order valence-electron chi connectivity index (χ2n) is 31.0. The third kappa shape index (κ3) is 329. The van der Waals surface area contributed by atoms with Gasteiger partial charge in [-0.15, -0.1) is 0 Å². The minimum Gasteiger partial charge on any atom is -0.396 e. The van der Waals surface area contributed by atoms with Crippen LogP contribution in [0.4, 0.5) is 39.5 Å². The largest absolute Gasteiger partial charge is 0.410 e. The van der Waals surface area contributed by atoms with Gasteiger partial charge in [-0.3, -0.25) is 4.39 Å². The van der Waals surface area contributed by atoms with E-state index in [2.05, 4.69) is 594 Å². The topological polar surface area (TPSA) is 20.2 Å². The predicted octanol–water partition coefficient (Wildman–Crippen LogP) is 57.9. The molecule has 2 aliphatic rings. The van der Waals surface area contributed by atoms with Crippen molar-refractivity contribution in [2.24, 2.45) is 0 Å². The first kappa shape index (κ1) is 205. The average Bonchev–Trinajstić information content (AvgIpc) is 0.947. The summed E-state index contributed by atoms with van der Waals surface area (Å²) in [6.45, 7) is 28.6. The van der Waals surface area contributed by atoms with Crippen LogP contribution in [0.3, 0.4) is 0 Å². The lowest BCUT2D eigenvalue weighted by Crippen LogP contribution is -2.17. The zero-order chi connectivity index (χ0) is 115. The Morgan fingerprint density at radius 1 is 0.287 bits per heavy atom. The molecule has 143 heavy (non-hydrogen) atoms. The van der Waals surface area contributed by atoms with Crippen molar-refractivity contribution < 1.29 is 44.6 Å². The lowest BCUT2D eigenvalue weighted by molar-refractivity contribution is -0.109. The summed E-state index contributed by atoms with van der Waals surface area (Å²) in [6.07, 6.45) is 65.5. The van der Waals surface area contributed by atoms with Gasteiger partial charge in [0.1, 0.15) is 6.17 Å². The summed E-state index contributed by atoms with van der Waals surface area (Å²) in [5, 5.41) is 21.3. The summed E-state index contributed by atoms with van der Waals surface area (Å²) < 4.78 is 106. The molecule has 2 aliphatic carbocycles. The highest BCUT2D eigenvalue weighted by molar-refractivity contribution is 14.1. The summed E-state index contributed by atoms with van der Waals surface area (Å²) in [5.74, 6) is 0. The Bertz CT molecular complexity index is 1580. The van der Waals surface area contributed by atoms with Crippen molar-refractivity contribution in [2.45, 2.75) is 522 Å². The van der Waals surface area contributed by atoms with Gasteiger partial charge in [0.15, 0.2) is 3.74 Å². The molecule has 0 aromatic rings. The predicted molar refractivity (Wildman–Crippen MR) is 794 cm³/mol. The maximum Gasteiger partial charge on any atom is 0.410 e. The fourth-order valence-electron chi connectivity index (χ4n) is 8.78. The molecule has 1 nitrogen and oxygen atoms in total. The Morgan fingerprint density at radius 2 is 0.476 bits per heavy atom. The molecule has 0 radical (unpaired) electrons. The third-order valence-electron chi connectivity index (χ3n) is 16.6. The van der Waals surface area contributed by atoms with Crippen LogP contribution >= 0.6 is 518 Å². The normalized spacial score (nSPS) is 13.0. The van der Waals surface area contributed by atoms with Gasteiger partial charge in [-0.25, -0.2) is 22.0 Å². The molecule has 1 N–H and O–H groups in total. The molecule has 40 heteroatoms. The monoisotopic (exact) mass is 4290 g/mol. The standard InChI is InChI=1S/C12H25Br.C12H25I.C8H17Br.C8H17F.C6H10Br2.C6H10BrF.C6H13Br.C6H13I.C5H11I.C4H8Br2.C4H9Br.C3H5Br3.C3H7Br.C3H7IO.C3H7I.C2H2Br4.C2HBr2F3.2C2H4Br2.C2H5Br.C2H2F4.C2H5I/c2*1-2-3-4-5-6-7-8-9-10-11-12-13;2*1-2-3-4-5-6-7-8-9;7-5-3-1-2-4-6(5)8;7-5-1-3-6(8)4-2-5;2*1-2-3-4-5-6-7;1-2-3-4-5-6;5-3-1-2-4-6;1-2-3-4-5;4-1-3(6)2-5;1-2-3-4;4-2-1-3-5;1-2-3-4;3-1(4)2(5)6;3-1(4)2(5,6)7;1-2(3)4;3-1-2-4;1-2-3;3-1(4)2(5)6;1-2-3/h2*2-12H2,1H3;2*2-8H2,1H3;2*5-6H,1-4H2;2*2-6H2,1H3;2-5H2,1H3;1-4H2;2-4H2,1H3;3H,1-2H2;2-3H2,1H3;5H,1-3H2;2-3H2,1H3;1-2H;1H;2H,1H3;1-2H2;2H2,1H3;1-2H;2H2,1H3. The lowest BCUT2D eigenvalue weighted by Gasteiger charge is -2.21. The second kappa shape index (κ2) is 219. The van der Waals surface area contributed by atoms with Crippen LogP contribution in [0, 0.1) is 0 Å². The molecule has 898 valence electrons. The van der Waals surface area contributed by atoms with E-state index < -0.39 is 28.9 Å². The van der Waals surface area contributed by atoms with E-state index in [1.807, 2.05) is 13.8 Å². The smallest absolute Gasteiger partial charge is 0.396 e. The van der Waals surface area contributed by atoms with Crippen molar-refractivity contribution in [3.8, 4) is 0 Å². The van der Waals surface area contributed by atoms with Crippen LogP contribution in [0.5, 0.6) is 0 Å². The fourth-order valence-corrected chi connectivity index (χ4v) is 16.1. The molecule has 0 amide bonds. The van der Waals surface area contributed by atoms with Gasteiger partial charge < -0.3 is 5.11 Å². The molecular weight excluding hydrogens is 4100 g/mol. The van der Waals surface area contributed by atoms with E-state index in [0.717, 1.165) is 107 Å². The van der Waals surface area contributed by atoms with E-state index in [1.165, 1.54) is 366 Å². The number of hydrogen-bond acceptors (Lipinski definition) is 1. The molecule has 0 aromatic heterocycles. The van der Waals surface area contributed by atoms with Gasteiger partial charge in [0.05, 0.1) is 17.9 Å². The molecule has 0 bridgehead atoms. The minimum absolute atomic E-state index is 0.133. The number of hydrogen-bond donors (Lipinski definition) is 1. The van der Waals surface area contributed by atoms with Crippen LogP contribution in [0.1, 0.15) is 462 Å². The highest BCUT2D eigenvalue weighted by atomic mass is 127. The first-order valence-corrected chi connectivity index (χ1v) is 85.9. The van der Waals surface area contributed by atoms with Crippen molar-refractivity contribution in [3.05, 3.63) is 0 Å². The van der Waals surface area contributed by atoms with E-state index in [9.17, 15) is 39.5 Å². The van der Waals surface area contributed by atoms with Gasteiger partial charge in [-0.1, -0.05) is 851 Å². The molecule has 0 heterocycles.